The Morgan fingerprint density at radius 2 is 2.05 bits per heavy atom. The van der Waals surface area contributed by atoms with E-state index in [1.54, 1.807) is 30.3 Å². The average Bonchev–Trinajstić information content (AvgIpc) is 3.20. The van der Waals surface area contributed by atoms with Crippen LogP contribution in [0.1, 0.15) is 17.9 Å². The number of carbonyl (C=O) groups excluding carboxylic acids is 1. The number of aliphatic hydroxyl groups is 1. The lowest BCUT2D eigenvalue weighted by molar-refractivity contribution is -0.146. The van der Waals surface area contributed by atoms with Crippen molar-refractivity contribution in [3.8, 4) is 5.75 Å². The van der Waals surface area contributed by atoms with Crippen LogP contribution in [0.15, 0.2) is 71.9 Å². The molecule has 1 aliphatic rings. The number of aliphatic hydroxyl groups excluding tert-OH is 1. The highest BCUT2D eigenvalue weighted by Gasteiger charge is 2.46. The van der Waals surface area contributed by atoms with Gasteiger partial charge in [-0.15, -0.1) is 11.8 Å². The molecule has 0 amide bonds. The summed E-state index contributed by atoms with van der Waals surface area (Å²) in [5.74, 6) is -0.656. The zero-order valence-electron chi connectivity index (χ0n) is 20.7. The van der Waals surface area contributed by atoms with E-state index in [0.717, 1.165) is 21.9 Å². The summed E-state index contributed by atoms with van der Waals surface area (Å²) < 4.78 is 46.1. The number of hydrogen-bond acceptors (Lipinski definition) is 11. The van der Waals surface area contributed by atoms with Crippen LogP contribution >= 0.6 is 19.5 Å². The predicted molar refractivity (Wildman–Crippen MR) is 141 cm³/mol. The van der Waals surface area contributed by atoms with Crippen LogP contribution < -0.4 is 21.0 Å². The van der Waals surface area contributed by atoms with Crippen LogP contribution in [0, 0.1) is 0 Å². The molecule has 1 saturated heterocycles. The molecule has 0 radical (unpaired) electrons. The fraction of sp³-hybridized carbons (Fsp3) is 0.333. The highest BCUT2D eigenvalue weighted by Crippen LogP contribution is 2.48. The Morgan fingerprint density at radius 1 is 1.28 bits per heavy atom. The van der Waals surface area contributed by atoms with Crippen molar-refractivity contribution < 1.29 is 32.6 Å². The van der Waals surface area contributed by atoms with Gasteiger partial charge >= 0.3 is 19.4 Å². The predicted octanol–water partition coefficient (Wildman–Crippen LogP) is 2.46. The van der Waals surface area contributed by atoms with Gasteiger partial charge in [-0.05, 0) is 30.7 Å². The van der Waals surface area contributed by atoms with Crippen LogP contribution in [0.2, 0.25) is 0 Å². The van der Waals surface area contributed by atoms with Gasteiger partial charge in [-0.25, -0.2) is 13.8 Å². The largest absolute Gasteiger partial charge is 0.460 e. The van der Waals surface area contributed by atoms with Gasteiger partial charge in [0.15, 0.2) is 6.17 Å². The smallest absolute Gasteiger partial charge is 0.459 e. The highest BCUT2D eigenvalue weighted by atomic mass is 32.2. The molecule has 1 aromatic carbocycles. The van der Waals surface area contributed by atoms with Crippen molar-refractivity contribution in [3.63, 3.8) is 0 Å². The number of thioether (sulfide) groups is 1. The van der Waals surface area contributed by atoms with Crippen LogP contribution in [-0.4, -0.2) is 55.8 Å². The van der Waals surface area contributed by atoms with Gasteiger partial charge in [0.2, 0.25) is 0 Å². The first-order valence-corrected chi connectivity index (χ1v) is 14.3. The molecule has 1 fully saturated rings. The lowest BCUT2D eigenvalue weighted by Crippen LogP contribution is -2.36. The number of nitrogens with one attached hydrogen (secondary N) is 1. The summed E-state index contributed by atoms with van der Waals surface area (Å²) >= 11 is 0.902. The van der Waals surface area contributed by atoms with Gasteiger partial charge in [0.1, 0.15) is 35.7 Å². The molecule has 39 heavy (non-hydrogen) atoms. The summed E-state index contributed by atoms with van der Waals surface area (Å²) in [6.07, 6.45) is 0.640. The Labute approximate surface area is 227 Å². The molecule has 6 atom stereocenters. The fourth-order valence-electron chi connectivity index (χ4n) is 3.63. The van der Waals surface area contributed by atoms with E-state index in [4.69, 9.17) is 19.5 Å². The Kier molecular flexibility index (Phi) is 9.36. The molecule has 0 bridgehead atoms. The van der Waals surface area contributed by atoms with Gasteiger partial charge in [-0.3, -0.25) is 18.9 Å². The van der Waals surface area contributed by atoms with Crippen LogP contribution in [0.25, 0.3) is 0 Å². The van der Waals surface area contributed by atoms with Gasteiger partial charge in [0.05, 0.1) is 18.1 Å². The van der Waals surface area contributed by atoms with E-state index in [2.05, 4.69) is 15.1 Å². The van der Waals surface area contributed by atoms with E-state index in [9.17, 15) is 23.7 Å². The maximum atomic E-state index is 15.0. The quantitative estimate of drug-likeness (QED) is 0.225. The Bertz CT molecular complexity index is 1370. The number of benzene rings is 1. The Hall–Kier alpha value is -3.29. The van der Waals surface area contributed by atoms with Crippen molar-refractivity contribution in [1.82, 2.24) is 19.6 Å². The number of pyridine rings is 1. The molecule has 0 saturated carbocycles. The number of aromatic nitrogens is 3. The minimum Gasteiger partial charge on any atom is -0.460 e. The molecule has 1 aliphatic heterocycles. The number of rotatable bonds is 11. The number of carbonyl (C=O) groups is 1. The Morgan fingerprint density at radius 3 is 2.74 bits per heavy atom. The second kappa shape index (κ2) is 12.7. The number of halogens is 1. The lowest BCUT2D eigenvalue weighted by Gasteiger charge is -2.24. The van der Waals surface area contributed by atoms with Crippen molar-refractivity contribution in [3.05, 3.63) is 83.2 Å². The van der Waals surface area contributed by atoms with E-state index in [-0.39, 0.29) is 18.2 Å². The molecular formula is C24H27FN5O7PS. The van der Waals surface area contributed by atoms with E-state index in [1.165, 1.54) is 37.6 Å². The second-order valence-electron chi connectivity index (χ2n) is 8.56. The molecule has 1 unspecified atom stereocenters. The van der Waals surface area contributed by atoms with Crippen LogP contribution in [-0.2, 0) is 25.2 Å². The van der Waals surface area contributed by atoms with Crippen LogP contribution in [0.5, 0.6) is 5.75 Å². The average molecular weight is 580 g/mol. The van der Waals surface area contributed by atoms with Crippen molar-refractivity contribution in [2.75, 3.05) is 12.3 Å². The van der Waals surface area contributed by atoms with Gasteiger partial charge < -0.3 is 20.1 Å². The van der Waals surface area contributed by atoms with Gasteiger partial charge in [0.25, 0.3) is 0 Å². The molecular weight excluding hydrogens is 552 g/mol. The molecule has 3 aromatic rings. The van der Waals surface area contributed by atoms with Crippen molar-refractivity contribution in [2.24, 2.45) is 0 Å². The third-order valence-corrected chi connectivity index (χ3v) is 8.79. The number of nitrogens with two attached hydrogens (primary N) is 1. The van der Waals surface area contributed by atoms with Crippen LogP contribution in [0.4, 0.5) is 10.2 Å². The molecule has 208 valence electrons. The first kappa shape index (κ1) is 28.7. The van der Waals surface area contributed by atoms with Crippen molar-refractivity contribution in [1.29, 1.82) is 0 Å². The first-order chi connectivity index (χ1) is 18.6. The number of ether oxygens (including phenoxy) is 1. The SMILES string of the molecule is C[C@H](NP(=O)(OC[C@H]1S[C@@H](n2ccc(N)nc2=O)[C@@H](F)[C@@H]1O)Oc1cccnc1)C(=O)OCc1ccccc1. The van der Waals surface area contributed by atoms with Crippen molar-refractivity contribution >= 4 is 31.3 Å². The van der Waals surface area contributed by atoms with Crippen LogP contribution in [0.3, 0.4) is 0 Å². The molecule has 2 aromatic heterocycles. The minimum atomic E-state index is -4.29. The summed E-state index contributed by atoms with van der Waals surface area (Å²) in [6, 6.07) is 12.2. The highest BCUT2D eigenvalue weighted by molar-refractivity contribution is 8.00. The van der Waals surface area contributed by atoms with Crippen molar-refractivity contribution in [2.45, 2.75) is 42.5 Å². The number of esters is 1. The Balaban J connectivity index is 1.44. The lowest BCUT2D eigenvalue weighted by atomic mass is 10.1. The molecule has 15 heteroatoms. The monoisotopic (exact) mass is 579 g/mol. The number of anilines is 1. The first-order valence-electron chi connectivity index (χ1n) is 11.8. The maximum absolute atomic E-state index is 15.0. The topological polar surface area (TPSA) is 168 Å². The maximum Gasteiger partial charge on any atom is 0.459 e. The molecule has 4 rings (SSSR count). The zero-order chi connectivity index (χ0) is 28.0. The third-order valence-electron chi connectivity index (χ3n) is 5.62. The molecule has 4 N–H and O–H groups in total. The summed E-state index contributed by atoms with van der Waals surface area (Å²) in [4.78, 5) is 32.3. The standard InChI is InChI=1S/C24H27FN5O7PS/c1-15(23(32)35-13-16-6-3-2-4-7-16)29-38(34,37-17-8-5-10-27-12-17)36-14-18-21(31)20(25)22(39-18)30-11-9-19(26)28-24(30)33/h2-12,15,18,20-22,31H,13-14H2,1H3,(H,29,34)(H2,26,28,33)/t15-,18+,20-,21+,22+,38?/m0/s1. The van der Waals surface area contributed by atoms with E-state index >= 15 is 0 Å². The van der Waals surface area contributed by atoms with Gasteiger partial charge in [-0.2, -0.15) is 10.1 Å². The number of hydrogen-bond donors (Lipinski definition) is 3. The third kappa shape index (κ3) is 7.43. The number of nitrogen functional groups attached to an aromatic ring is 1. The summed E-state index contributed by atoms with van der Waals surface area (Å²) in [5.41, 5.74) is 5.49. The summed E-state index contributed by atoms with van der Waals surface area (Å²) in [5, 5.41) is 11.0. The molecule has 0 aliphatic carbocycles. The summed E-state index contributed by atoms with van der Waals surface area (Å²) in [7, 11) is -4.29. The van der Waals surface area contributed by atoms with Gasteiger partial charge in [-0.1, -0.05) is 30.3 Å². The minimum absolute atomic E-state index is 0.00383. The summed E-state index contributed by atoms with van der Waals surface area (Å²) in [6.45, 7) is 0.976. The number of nitrogens with zero attached hydrogens (tertiary/aromatic N) is 3. The molecule has 12 nitrogen and oxygen atoms in total. The molecule has 0 spiro atoms. The number of alkyl halides is 1. The zero-order valence-corrected chi connectivity index (χ0v) is 22.4. The van der Waals surface area contributed by atoms with E-state index < -0.39 is 55.0 Å². The van der Waals surface area contributed by atoms with Gasteiger partial charge in [0, 0.05) is 12.4 Å². The fourth-order valence-corrected chi connectivity index (χ4v) is 6.65. The normalized spacial score (nSPS) is 23.1. The van der Waals surface area contributed by atoms with E-state index in [1.807, 2.05) is 6.07 Å². The second-order valence-corrected chi connectivity index (χ2v) is 11.6. The van der Waals surface area contributed by atoms with E-state index in [0.29, 0.717) is 0 Å². The molecule has 3 heterocycles.